The van der Waals surface area contributed by atoms with Crippen LogP contribution < -0.4 is 5.73 Å². The average molecular weight is 161 g/mol. The predicted octanol–water partition coefficient (Wildman–Crippen LogP) is -0.523. The lowest BCUT2D eigenvalue weighted by molar-refractivity contribution is -0.137. The van der Waals surface area contributed by atoms with E-state index in [1.807, 2.05) is 0 Å². The van der Waals surface area contributed by atoms with Gasteiger partial charge in [0.25, 0.3) is 0 Å². The van der Waals surface area contributed by atoms with Crippen LogP contribution in [-0.4, -0.2) is 28.8 Å². The van der Waals surface area contributed by atoms with Crippen LogP contribution in [0.3, 0.4) is 0 Å². The number of carboxylic acid groups (broad SMARTS) is 1. The summed E-state index contributed by atoms with van der Waals surface area (Å²) in [6, 6.07) is -0.908. The number of nitrogens with two attached hydrogens (primary N) is 1. The zero-order valence-corrected chi connectivity index (χ0v) is 5.93. The molecule has 0 aliphatic carbocycles. The van der Waals surface area contributed by atoms with E-state index in [9.17, 15) is 9.59 Å². The Morgan fingerprint density at radius 1 is 1.90 bits per heavy atom. The van der Waals surface area contributed by atoms with Gasteiger partial charge in [-0.05, 0) is 0 Å². The molecule has 1 atom stereocenters. The summed E-state index contributed by atoms with van der Waals surface area (Å²) in [5.74, 6) is 0.637. The minimum absolute atomic E-state index is 0.199. The van der Waals surface area contributed by atoms with Crippen molar-refractivity contribution in [2.75, 3.05) is 5.75 Å². The standard InChI is InChI=1S/C5H7NO3S/c6-4(5(8)9)3-10-2-1-7/h2,4H,3,6H2,(H,8,9)/t4-/m1/s1. The second kappa shape index (κ2) is 5.05. The molecule has 0 rings (SSSR count). The lowest BCUT2D eigenvalue weighted by Crippen LogP contribution is -2.32. The Morgan fingerprint density at radius 2 is 2.50 bits per heavy atom. The van der Waals surface area contributed by atoms with Gasteiger partial charge in [0.1, 0.15) is 12.0 Å². The quantitative estimate of drug-likeness (QED) is 0.542. The first-order valence-electron chi connectivity index (χ1n) is 2.48. The topological polar surface area (TPSA) is 80.4 Å². The van der Waals surface area contributed by atoms with Gasteiger partial charge in [-0.2, -0.15) is 0 Å². The number of hydrogen-bond donors (Lipinski definition) is 2. The lowest BCUT2D eigenvalue weighted by atomic mass is 10.4. The number of carbonyl (C=O) groups is 1. The van der Waals surface area contributed by atoms with Crippen LogP contribution in [0.2, 0.25) is 0 Å². The molecule has 0 aromatic carbocycles. The maximum Gasteiger partial charge on any atom is 0.321 e. The highest BCUT2D eigenvalue weighted by molar-refractivity contribution is 8.02. The van der Waals surface area contributed by atoms with Gasteiger partial charge >= 0.3 is 5.97 Å². The fourth-order valence-corrected chi connectivity index (χ4v) is 0.771. The Labute approximate surface area is 62.1 Å². The van der Waals surface area contributed by atoms with Crippen molar-refractivity contribution in [3.05, 3.63) is 5.41 Å². The summed E-state index contributed by atoms with van der Waals surface area (Å²) in [5.41, 5.74) is 5.09. The molecule has 0 fully saturated rings. The normalized spacial score (nSPS) is 11.7. The first kappa shape index (κ1) is 9.23. The predicted molar refractivity (Wildman–Crippen MR) is 38.3 cm³/mol. The molecule has 0 saturated carbocycles. The molecule has 0 radical (unpaired) electrons. The number of aliphatic carboxylic acids is 1. The van der Waals surface area contributed by atoms with Crippen LogP contribution in [0.4, 0.5) is 0 Å². The van der Waals surface area contributed by atoms with Crippen LogP contribution >= 0.6 is 11.8 Å². The molecule has 0 spiro atoms. The minimum Gasteiger partial charge on any atom is -0.480 e. The Hall–Kier alpha value is -0.770. The maximum atomic E-state index is 10.0. The minimum atomic E-state index is -1.06. The summed E-state index contributed by atoms with van der Waals surface area (Å²) in [7, 11) is 0. The van der Waals surface area contributed by atoms with Gasteiger partial charge < -0.3 is 10.8 Å². The smallest absolute Gasteiger partial charge is 0.321 e. The Kier molecular flexibility index (Phi) is 4.66. The van der Waals surface area contributed by atoms with Crippen molar-refractivity contribution in [2.45, 2.75) is 6.04 Å². The molecule has 0 unspecified atom stereocenters. The van der Waals surface area contributed by atoms with Crippen molar-refractivity contribution in [3.8, 4) is 0 Å². The highest BCUT2D eigenvalue weighted by Crippen LogP contribution is 2.00. The third-order valence-corrected chi connectivity index (χ3v) is 1.54. The molecule has 56 valence electrons. The van der Waals surface area contributed by atoms with Gasteiger partial charge in [-0.3, -0.25) is 4.79 Å². The molecular formula is C5H7NO3S. The summed E-state index contributed by atoms with van der Waals surface area (Å²) in [6.07, 6.45) is 0. The van der Waals surface area contributed by atoms with Crippen LogP contribution in [0, 0.1) is 0 Å². The van der Waals surface area contributed by atoms with Gasteiger partial charge in [-0.15, -0.1) is 11.8 Å². The van der Waals surface area contributed by atoms with E-state index in [1.165, 1.54) is 5.94 Å². The Morgan fingerprint density at radius 3 is 2.90 bits per heavy atom. The lowest BCUT2D eigenvalue weighted by Gasteiger charge is -2.00. The SMILES string of the molecule is N[C@H](CSC=C=O)C(=O)O. The fourth-order valence-electron chi connectivity index (χ4n) is 0.257. The number of carboxylic acids is 1. The molecule has 0 saturated heterocycles. The molecule has 0 aliphatic heterocycles. The van der Waals surface area contributed by atoms with Crippen LogP contribution in [0.15, 0.2) is 5.41 Å². The summed E-state index contributed by atoms with van der Waals surface area (Å²) in [4.78, 5) is 19.6. The molecule has 5 heteroatoms. The number of thioether (sulfide) groups is 1. The van der Waals surface area contributed by atoms with Gasteiger partial charge in [0.2, 0.25) is 0 Å². The molecule has 0 aromatic rings. The van der Waals surface area contributed by atoms with Crippen LogP contribution in [0.25, 0.3) is 0 Å². The van der Waals surface area contributed by atoms with Crippen molar-refractivity contribution < 1.29 is 14.7 Å². The molecule has 0 bridgehead atoms. The number of rotatable bonds is 4. The van der Waals surface area contributed by atoms with E-state index in [-0.39, 0.29) is 5.75 Å². The third-order valence-electron chi connectivity index (χ3n) is 0.724. The molecule has 0 amide bonds. The zero-order chi connectivity index (χ0) is 7.98. The summed E-state index contributed by atoms with van der Waals surface area (Å²) in [5, 5.41) is 9.37. The number of hydrogen-bond acceptors (Lipinski definition) is 4. The zero-order valence-electron chi connectivity index (χ0n) is 5.11. The molecule has 10 heavy (non-hydrogen) atoms. The maximum absolute atomic E-state index is 10.0. The van der Waals surface area contributed by atoms with Gasteiger partial charge in [-0.1, -0.05) is 0 Å². The highest BCUT2D eigenvalue weighted by Gasteiger charge is 2.09. The largest absolute Gasteiger partial charge is 0.480 e. The second-order valence-electron chi connectivity index (χ2n) is 1.51. The van der Waals surface area contributed by atoms with Crippen molar-refractivity contribution in [3.63, 3.8) is 0 Å². The van der Waals surface area contributed by atoms with Crippen LogP contribution in [-0.2, 0) is 9.59 Å². The van der Waals surface area contributed by atoms with Crippen LogP contribution in [0.1, 0.15) is 0 Å². The average Bonchev–Trinajstić information content (AvgIpc) is 1.88. The van der Waals surface area contributed by atoms with E-state index in [0.29, 0.717) is 0 Å². The highest BCUT2D eigenvalue weighted by atomic mass is 32.2. The first-order valence-corrected chi connectivity index (χ1v) is 3.52. The monoisotopic (exact) mass is 161 g/mol. The van der Waals surface area contributed by atoms with Crippen molar-refractivity contribution in [1.29, 1.82) is 0 Å². The summed E-state index contributed by atoms with van der Waals surface area (Å²) >= 11 is 1.04. The molecule has 0 aromatic heterocycles. The molecule has 0 aliphatic rings. The Bertz CT molecular complexity index is 164. The summed E-state index contributed by atoms with van der Waals surface area (Å²) < 4.78 is 0. The second-order valence-corrected chi connectivity index (χ2v) is 2.42. The van der Waals surface area contributed by atoms with E-state index in [4.69, 9.17) is 10.8 Å². The fraction of sp³-hybridized carbons (Fsp3) is 0.400. The molecule has 4 nitrogen and oxygen atoms in total. The van der Waals surface area contributed by atoms with Crippen molar-refractivity contribution in [2.24, 2.45) is 5.73 Å². The van der Waals surface area contributed by atoms with Gasteiger partial charge in [0.05, 0.1) is 5.41 Å². The molecular weight excluding hydrogens is 154 g/mol. The first-order chi connectivity index (χ1) is 4.68. The Balaban J connectivity index is 3.48. The molecule has 3 N–H and O–H groups in total. The summed E-state index contributed by atoms with van der Waals surface area (Å²) in [6.45, 7) is 0. The van der Waals surface area contributed by atoms with Crippen molar-refractivity contribution in [1.82, 2.24) is 0 Å². The van der Waals surface area contributed by atoms with E-state index in [1.54, 1.807) is 0 Å². The van der Waals surface area contributed by atoms with Gasteiger partial charge in [0, 0.05) is 5.75 Å². The van der Waals surface area contributed by atoms with E-state index >= 15 is 0 Å². The van der Waals surface area contributed by atoms with E-state index in [2.05, 4.69) is 0 Å². The molecule has 0 heterocycles. The van der Waals surface area contributed by atoms with E-state index in [0.717, 1.165) is 17.2 Å². The van der Waals surface area contributed by atoms with Gasteiger partial charge in [0.15, 0.2) is 0 Å². The van der Waals surface area contributed by atoms with Crippen molar-refractivity contribution >= 4 is 23.7 Å². The van der Waals surface area contributed by atoms with Gasteiger partial charge in [-0.25, -0.2) is 4.79 Å². The number of carbonyl (C=O) groups excluding carboxylic acids is 1. The van der Waals surface area contributed by atoms with E-state index < -0.39 is 12.0 Å². The third kappa shape index (κ3) is 4.14. The van der Waals surface area contributed by atoms with Crippen LogP contribution in [0.5, 0.6) is 0 Å².